The second kappa shape index (κ2) is 5.42. The van der Waals surface area contributed by atoms with Crippen molar-refractivity contribution in [1.29, 1.82) is 0 Å². The molecule has 1 aliphatic heterocycles. The molecule has 1 N–H and O–H groups in total. The van der Waals surface area contributed by atoms with E-state index in [4.69, 9.17) is 0 Å². The molecule has 1 aliphatic carbocycles. The van der Waals surface area contributed by atoms with Crippen molar-refractivity contribution in [3.8, 4) is 0 Å². The van der Waals surface area contributed by atoms with Crippen LogP contribution in [0.15, 0.2) is 18.2 Å². The van der Waals surface area contributed by atoms with Crippen molar-refractivity contribution in [2.75, 3.05) is 16.8 Å². The van der Waals surface area contributed by atoms with E-state index in [0.717, 1.165) is 48.6 Å². The molecule has 118 valence electrons. The molecule has 1 aromatic carbocycles. The maximum Gasteiger partial charge on any atom is 0.269 e. The molecule has 2 amide bonds. The molecular formula is C16H16N4O2S. The van der Waals surface area contributed by atoms with E-state index in [-0.39, 0.29) is 17.7 Å². The van der Waals surface area contributed by atoms with E-state index < -0.39 is 0 Å². The summed E-state index contributed by atoms with van der Waals surface area (Å²) in [5.41, 5.74) is 3.41. The molecule has 0 atom stereocenters. The molecule has 0 unspecified atom stereocenters. The smallest absolute Gasteiger partial charge is 0.269 e. The van der Waals surface area contributed by atoms with Gasteiger partial charge in [0.05, 0.1) is 5.69 Å². The third kappa shape index (κ3) is 2.61. The van der Waals surface area contributed by atoms with E-state index in [1.807, 2.05) is 23.1 Å². The predicted molar refractivity (Wildman–Crippen MR) is 87.8 cm³/mol. The summed E-state index contributed by atoms with van der Waals surface area (Å²) in [4.78, 5) is 27.0. The van der Waals surface area contributed by atoms with Gasteiger partial charge in [0.15, 0.2) is 0 Å². The number of aromatic nitrogens is 2. The number of carbonyl (C=O) groups is 2. The molecule has 7 heteroatoms. The van der Waals surface area contributed by atoms with Gasteiger partial charge in [0.25, 0.3) is 5.91 Å². The highest BCUT2D eigenvalue weighted by Crippen LogP contribution is 2.37. The fraction of sp³-hybridized carbons (Fsp3) is 0.375. The van der Waals surface area contributed by atoms with Crippen LogP contribution in [0.5, 0.6) is 0 Å². The average Bonchev–Trinajstić information content (AvgIpc) is 3.17. The van der Waals surface area contributed by atoms with Crippen LogP contribution in [0.2, 0.25) is 0 Å². The van der Waals surface area contributed by atoms with Crippen molar-refractivity contribution in [2.24, 2.45) is 5.92 Å². The third-order valence-electron chi connectivity index (χ3n) is 4.29. The van der Waals surface area contributed by atoms with Crippen LogP contribution in [-0.4, -0.2) is 27.9 Å². The van der Waals surface area contributed by atoms with Crippen molar-refractivity contribution in [1.82, 2.24) is 9.59 Å². The Hall–Kier alpha value is -2.28. The van der Waals surface area contributed by atoms with Gasteiger partial charge in [0.2, 0.25) is 5.91 Å². The van der Waals surface area contributed by atoms with Gasteiger partial charge < -0.3 is 10.2 Å². The second-order valence-electron chi connectivity index (χ2n) is 6.00. The molecule has 2 aromatic rings. The Morgan fingerprint density at radius 1 is 1.35 bits per heavy atom. The normalized spacial score (nSPS) is 16.3. The summed E-state index contributed by atoms with van der Waals surface area (Å²) in [6.45, 7) is 2.50. The van der Waals surface area contributed by atoms with Crippen LogP contribution in [0.25, 0.3) is 0 Å². The maximum absolute atomic E-state index is 12.4. The molecule has 1 fully saturated rings. The quantitative estimate of drug-likeness (QED) is 0.939. The van der Waals surface area contributed by atoms with Crippen LogP contribution in [-0.2, 0) is 11.2 Å². The van der Waals surface area contributed by atoms with Gasteiger partial charge in [-0.05, 0) is 55.4 Å². The van der Waals surface area contributed by atoms with Crippen molar-refractivity contribution in [3.05, 3.63) is 34.3 Å². The van der Waals surface area contributed by atoms with E-state index in [1.165, 1.54) is 0 Å². The van der Waals surface area contributed by atoms with Crippen LogP contribution in [0.3, 0.4) is 0 Å². The Labute approximate surface area is 137 Å². The lowest BCUT2D eigenvalue weighted by atomic mass is 10.1. The first-order valence-electron chi connectivity index (χ1n) is 7.68. The van der Waals surface area contributed by atoms with Crippen molar-refractivity contribution < 1.29 is 9.59 Å². The number of hydrogen-bond acceptors (Lipinski definition) is 5. The van der Waals surface area contributed by atoms with Gasteiger partial charge in [0.1, 0.15) is 4.88 Å². The van der Waals surface area contributed by atoms with Crippen LogP contribution in [0.4, 0.5) is 11.4 Å². The van der Waals surface area contributed by atoms with Crippen molar-refractivity contribution in [3.63, 3.8) is 0 Å². The van der Waals surface area contributed by atoms with Gasteiger partial charge in [-0.3, -0.25) is 9.59 Å². The Morgan fingerprint density at radius 2 is 2.17 bits per heavy atom. The van der Waals surface area contributed by atoms with E-state index in [9.17, 15) is 9.59 Å². The Morgan fingerprint density at radius 3 is 2.87 bits per heavy atom. The molecule has 2 heterocycles. The summed E-state index contributed by atoms with van der Waals surface area (Å²) in [6.07, 6.45) is 2.87. The number of aryl methyl sites for hydroxylation is 1. The fourth-order valence-corrected chi connectivity index (χ4v) is 3.42. The van der Waals surface area contributed by atoms with Crippen molar-refractivity contribution in [2.45, 2.75) is 26.2 Å². The first-order chi connectivity index (χ1) is 11.1. The molecule has 1 aromatic heterocycles. The molecule has 4 rings (SSSR count). The molecule has 0 spiro atoms. The summed E-state index contributed by atoms with van der Waals surface area (Å²) in [5, 5.41) is 6.73. The Bertz CT molecular complexity index is 797. The molecule has 2 aliphatic rings. The summed E-state index contributed by atoms with van der Waals surface area (Å²) in [5.74, 6) is 0.204. The number of fused-ring (bicyclic) bond motifs is 1. The Kier molecular flexibility index (Phi) is 3.37. The lowest BCUT2D eigenvalue weighted by Gasteiger charge is -2.18. The number of rotatable bonds is 3. The first-order valence-corrected chi connectivity index (χ1v) is 8.45. The van der Waals surface area contributed by atoms with Crippen LogP contribution in [0.1, 0.15) is 33.8 Å². The van der Waals surface area contributed by atoms with E-state index in [0.29, 0.717) is 16.3 Å². The topological polar surface area (TPSA) is 75.2 Å². The zero-order chi connectivity index (χ0) is 16.0. The zero-order valence-corrected chi connectivity index (χ0v) is 13.5. The molecule has 1 saturated carbocycles. The third-order valence-corrected chi connectivity index (χ3v) is 5.12. The predicted octanol–water partition coefficient (Wildman–Crippen LogP) is 2.40. The molecule has 0 bridgehead atoms. The number of nitrogens with zero attached hydrogens (tertiary/aromatic N) is 3. The molecular weight excluding hydrogens is 312 g/mol. The highest BCUT2D eigenvalue weighted by Gasteiger charge is 2.36. The average molecular weight is 328 g/mol. The Balaban J connectivity index is 1.57. The lowest BCUT2D eigenvalue weighted by Crippen LogP contribution is -2.30. The number of amides is 2. The number of carbonyl (C=O) groups excluding carboxylic acids is 2. The van der Waals surface area contributed by atoms with Crippen LogP contribution >= 0.6 is 11.5 Å². The van der Waals surface area contributed by atoms with Crippen molar-refractivity contribution >= 4 is 34.7 Å². The second-order valence-corrected chi connectivity index (χ2v) is 6.75. The maximum atomic E-state index is 12.4. The zero-order valence-electron chi connectivity index (χ0n) is 12.7. The fourth-order valence-electron chi connectivity index (χ4n) is 2.86. The lowest BCUT2D eigenvalue weighted by molar-refractivity contribution is -0.119. The highest BCUT2D eigenvalue weighted by molar-refractivity contribution is 7.08. The van der Waals surface area contributed by atoms with Gasteiger partial charge in [0, 0.05) is 23.8 Å². The monoisotopic (exact) mass is 328 g/mol. The SMILES string of the molecule is Cc1nnsc1C(=O)Nc1ccc2c(c1)N(C(=O)C1CC1)CC2. The number of benzene rings is 1. The number of nitrogens with one attached hydrogen (secondary N) is 1. The molecule has 0 saturated heterocycles. The first kappa shape index (κ1) is 14.3. The molecule has 6 nitrogen and oxygen atoms in total. The van der Waals surface area contributed by atoms with E-state index in [1.54, 1.807) is 6.92 Å². The number of hydrogen-bond donors (Lipinski definition) is 1. The summed E-state index contributed by atoms with van der Waals surface area (Å²) in [7, 11) is 0. The minimum atomic E-state index is -0.212. The van der Waals surface area contributed by atoms with Gasteiger partial charge in [-0.2, -0.15) is 0 Å². The van der Waals surface area contributed by atoms with E-state index >= 15 is 0 Å². The molecule has 0 radical (unpaired) electrons. The summed E-state index contributed by atoms with van der Waals surface area (Å²) >= 11 is 1.08. The van der Waals surface area contributed by atoms with Gasteiger partial charge >= 0.3 is 0 Å². The number of anilines is 2. The highest BCUT2D eigenvalue weighted by atomic mass is 32.1. The van der Waals surface area contributed by atoms with Gasteiger partial charge in [-0.15, -0.1) is 5.10 Å². The summed E-state index contributed by atoms with van der Waals surface area (Å²) in [6, 6.07) is 5.76. The van der Waals surface area contributed by atoms with Crippen LogP contribution < -0.4 is 10.2 Å². The minimum absolute atomic E-state index is 0.199. The molecule has 23 heavy (non-hydrogen) atoms. The standard InChI is InChI=1S/C16H16N4O2S/c1-9-14(23-19-18-9)15(21)17-12-5-4-10-6-7-20(13(10)8-12)16(22)11-2-3-11/h4-5,8,11H,2-3,6-7H2,1H3,(H,17,21). The minimum Gasteiger partial charge on any atom is -0.321 e. The van der Waals surface area contributed by atoms with Gasteiger partial charge in [-0.1, -0.05) is 10.6 Å². The largest absolute Gasteiger partial charge is 0.321 e. The van der Waals surface area contributed by atoms with Gasteiger partial charge in [-0.25, -0.2) is 0 Å². The summed E-state index contributed by atoms with van der Waals surface area (Å²) < 4.78 is 3.78. The van der Waals surface area contributed by atoms with Crippen LogP contribution in [0, 0.1) is 12.8 Å². The van der Waals surface area contributed by atoms with E-state index in [2.05, 4.69) is 14.9 Å².